The maximum atomic E-state index is 12.7. The molecule has 0 radical (unpaired) electrons. The molecular formula is C18H22N6OS. The Morgan fingerprint density at radius 2 is 2.15 bits per heavy atom. The summed E-state index contributed by atoms with van der Waals surface area (Å²) in [5.74, 6) is 0.129. The third-order valence-electron chi connectivity index (χ3n) is 4.92. The van der Waals surface area contributed by atoms with Crippen LogP contribution >= 0.6 is 11.8 Å². The van der Waals surface area contributed by atoms with Gasteiger partial charge in [-0.15, -0.1) is 5.10 Å². The van der Waals surface area contributed by atoms with E-state index in [0.717, 1.165) is 43.4 Å². The van der Waals surface area contributed by atoms with Gasteiger partial charge in [0, 0.05) is 7.05 Å². The average molecular weight is 370 g/mol. The van der Waals surface area contributed by atoms with Gasteiger partial charge in [-0.3, -0.25) is 4.79 Å². The fourth-order valence-electron chi connectivity index (χ4n) is 3.31. The molecule has 1 aromatic carbocycles. The Kier molecular flexibility index (Phi) is 5.57. The Morgan fingerprint density at radius 1 is 1.38 bits per heavy atom. The normalized spacial score (nSPS) is 16.0. The van der Waals surface area contributed by atoms with Crippen LogP contribution in [0.4, 0.5) is 0 Å². The Bertz CT molecular complexity index is 821. The molecule has 2 aromatic rings. The molecule has 0 saturated heterocycles. The minimum atomic E-state index is -0.668. The summed E-state index contributed by atoms with van der Waals surface area (Å²) < 4.78 is 1.63. The van der Waals surface area contributed by atoms with Crippen LogP contribution in [0, 0.1) is 18.3 Å². The molecule has 1 aromatic heterocycles. The number of aromatic nitrogens is 4. The standard InChI is InChI=1S/C18H22N6OS/c1-14-7-6-8-15(11-14)24-17(20-21-22-24)26-12-16(25)23(2)18(13-19)9-4-3-5-10-18/h6-8,11H,3-5,9-10,12H2,1-2H3. The molecule has 7 nitrogen and oxygen atoms in total. The first-order valence-corrected chi connectivity index (χ1v) is 9.70. The molecule has 3 rings (SSSR count). The number of amides is 1. The van der Waals surface area contributed by atoms with E-state index in [2.05, 4.69) is 21.6 Å². The zero-order chi connectivity index (χ0) is 18.6. The molecule has 1 heterocycles. The number of hydrogen-bond donors (Lipinski definition) is 0. The molecule has 0 spiro atoms. The molecular weight excluding hydrogens is 348 g/mol. The number of benzene rings is 1. The fourth-order valence-corrected chi connectivity index (χ4v) is 4.12. The molecule has 8 heteroatoms. The van der Waals surface area contributed by atoms with Crippen LogP contribution in [0.15, 0.2) is 29.4 Å². The number of aryl methyl sites for hydroxylation is 1. The number of rotatable bonds is 5. The van der Waals surface area contributed by atoms with Crippen molar-refractivity contribution in [3.8, 4) is 11.8 Å². The smallest absolute Gasteiger partial charge is 0.234 e. The summed E-state index contributed by atoms with van der Waals surface area (Å²) >= 11 is 1.29. The summed E-state index contributed by atoms with van der Waals surface area (Å²) in [6.45, 7) is 2.00. The second kappa shape index (κ2) is 7.87. The van der Waals surface area contributed by atoms with Gasteiger partial charge in [-0.05, 0) is 47.9 Å². The van der Waals surface area contributed by atoms with Crippen molar-refractivity contribution in [2.45, 2.75) is 49.7 Å². The highest BCUT2D eigenvalue weighted by atomic mass is 32.2. The molecule has 1 aliphatic carbocycles. The van der Waals surface area contributed by atoms with Crippen molar-refractivity contribution in [2.75, 3.05) is 12.8 Å². The van der Waals surface area contributed by atoms with Crippen molar-refractivity contribution in [3.05, 3.63) is 29.8 Å². The van der Waals surface area contributed by atoms with Gasteiger partial charge in [-0.1, -0.05) is 43.2 Å². The minimum absolute atomic E-state index is 0.0720. The summed E-state index contributed by atoms with van der Waals surface area (Å²) in [4.78, 5) is 14.3. The average Bonchev–Trinajstić information content (AvgIpc) is 3.14. The molecule has 0 unspecified atom stereocenters. The molecule has 26 heavy (non-hydrogen) atoms. The van der Waals surface area contributed by atoms with Gasteiger partial charge in [0.25, 0.3) is 0 Å². The van der Waals surface area contributed by atoms with Crippen molar-refractivity contribution in [1.82, 2.24) is 25.1 Å². The maximum Gasteiger partial charge on any atom is 0.234 e. The summed E-state index contributed by atoms with van der Waals surface area (Å²) in [7, 11) is 1.74. The second-order valence-electron chi connectivity index (χ2n) is 6.66. The highest BCUT2D eigenvalue weighted by Crippen LogP contribution is 2.33. The number of nitriles is 1. The third kappa shape index (κ3) is 3.73. The number of carbonyl (C=O) groups excluding carboxylic acids is 1. The summed E-state index contributed by atoms with van der Waals surface area (Å²) in [6, 6.07) is 10.2. The van der Waals surface area contributed by atoms with Gasteiger partial charge < -0.3 is 4.90 Å². The van der Waals surface area contributed by atoms with Gasteiger partial charge in [-0.2, -0.15) is 9.94 Å². The topological polar surface area (TPSA) is 87.7 Å². The fraction of sp³-hybridized carbons (Fsp3) is 0.500. The number of carbonyl (C=O) groups is 1. The van der Waals surface area contributed by atoms with Crippen molar-refractivity contribution in [2.24, 2.45) is 0 Å². The number of hydrogen-bond acceptors (Lipinski definition) is 6. The van der Waals surface area contributed by atoms with E-state index in [-0.39, 0.29) is 11.7 Å². The SMILES string of the molecule is Cc1cccc(-n2nnnc2SCC(=O)N(C)C2(C#N)CCCCC2)c1. The van der Waals surface area contributed by atoms with Crippen molar-refractivity contribution >= 4 is 17.7 Å². The van der Waals surface area contributed by atoms with E-state index in [1.54, 1.807) is 16.6 Å². The minimum Gasteiger partial charge on any atom is -0.326 e. The Balaban J connectivity index is 1.69. The van der Waals surface area contributed by atoms with Crippen molar-refractivity contribution in [1.29, 1.82) is 5.26 Å². The van der Waals surface area contributed by atoms with E-state index >= 15 is 0 Å². The predicted molar refractivity (Wildman–Crippen MR) is 98.8 cm³/mol. The first-order chi connectivity index (χ1) is 12.6. The molecule has 1 amide bonds. The monoisotopic (exact) mass is 370 g/mol. The summed E-state index contributed by atoms with van der Waals surface area (Å²) in [6.07, 6.45) is 4.61. The second-order valence-corrected chi connectivity index (χ2v) is 7.60. The largest absolute Gasteiger partial charge is 0.326 e. The number of tetrazole rings is 1. The van der Waals surface area contributed by atoms with Gasteiger partial charge in [0.1, 0.15) is 5.54 Å². The van der Waals surface area contributed by atoms with Crippen LogP contribution in [0.3, 0.4) is 0 Å². The van der Waals surface area contributed by atoms with Crippen LogP contribution < -0.4 is 0 Å². The lowest BCUT2D eigenvalue weighted by Crippen LogP contribution is -2.50. The molecule has 1 saturated carbocycles. The van der Waals surface area contributed by atoms with Gasteiger partial charge in [0.15, 0.2) is 0 Å². The van der Waals surface area contributed by atoms with E-state index in [9.17, 15) is 10.1 Å². The van der Waals surface area contributed by atoms with E-state index in [1.807, 2.05) is 31.2 Å². The van der Waals surface area contributed by atoms with Gasteiger partial charge in [-0.25, -0.2) is 0 Å². The van der Waals surface area contributed by atoms with Crippen molar-refractivity contribution < 1.29 is 4.79 Å². The van der Waals surface area contributed by atoms with Crippen LogP contribution in [0.5, 0.6) is 0 Å². The third-order valence-corrected chi connectivity index (χ3v) is 5.82. The van der Waals surface area contributed by atoms with Crippen LogP contribution in [0.1, 0.15) is 37.7 Å². The zero-order valence-electron chi connectivity index (χ0n) is 15.1. The zero-order valence-corrected chi connectivity index (χ0v) is 15.9. The highest BCUT2D eigenvalue weighted by molar-refractivity contribution is 7.99. The number of nitrogens with zero attached hydrogens (tertiary/aromatic N) is 6. The van der Waals surface area contributed by atoms with Gasteiger partial charge >= 0.3 is 0 Å². The quantitative estimate of drug-likeness (QED) is 0.752. The molecule has 0 atom stereocenters. The lowest BCUT2D eigenvalue weighted by molar-refractivity contribution is -0.131. The first kappa shape index (κ1) is 18.4. The summed E-state index contributed by atoms with van der Waals surface area (Å²) in [5.41, 5.74) is 1.30. The van der Waals surface area contributed by atoms with E-state index in [0.29, 0.717) is 5.16 Å². The van der Waals surface area contributed by atoms with E-state index in [4.69, 9.17) is 0 Å². The van der Waals surface area contributed by atoms with Crippen LogP contribution in [-0.4, -0.2) is 49.4 Å². The lowest BCUT2D eigenvalue weighted by Gasteiger charge is -2.39. The Morgan fingerprint density at radius 3 is 2.85 bits per heavy atom. The predicted octanol–water partition coefficient (Wildman–Crippen LogP) is 2.75. The molecule has 0 bridgehead atoms. The first-order valence-electron chi connectivity index (χ1n) is 8.72. The number of thioether (sulfide) groups is 1. The van der Waals surface area contributed by atoms with Crippen LogP contribution in [-0.2, 0) is 4.79 Å². The Labute approximate surface area is 157 Å². The maximum absolute atomic E-state index is 12.7. The van der Waals surface area contributed by atoms with Gasteiger partial charge in [0.05, 0.1) is 17.5 Å². The van der Waals surface area contributed by atoms with Crippen molar-refractivity contribution in [3.63, 3.8) is 0 Å². The molecule has 0 aliphatic heterocycles. The molecule has 136 valence electrons. The summed E-state index contributed by atoms with van der Waals surface area (Å²) in [5, 5.41) is 22.0. The highest BCUT2D eigenvalue weighted by Gasteiger charge is 2.38. The lowest BCUT2D eigenvalue weighted by atomic mass is 9.81. The molecule has 1 aliphatic rings. The van der Waals surface area contributed by atoms with E-state index < -0.39 is 5.54 Å². The van der Waals surface area contributed by atoms with Gasteiger partial charge in [0.2, 0.25) is 11.1 Å². The van der Waals surface area contributed by atoms with E-state index in [1.165, 1.54) is 11.8 Å². The Hall–Kier alpha value is -2.40. The van der Waals surface area contributed by atoms with Crippen LogP contribution in [0.25, 0.3) is 5.69 Å². The van der Waals surface area contributed by atoms with Crippen LogP contribution in [0.2, 0.25) is 0 Å². The molecule has 1 fully saturated rings. The molecule has 0 N–H and O–H groups in total.